The Morgan fingerprint density at radius 3 is 2.52 bits per heavy atom. The molecular weight excluding hydrogens is 266 g/mol. The number of hydrogen-bond donors (Lipinski definition) is 2. The topological polar surface area (TPSA) is 90.3 Å². The van der Waals surface area contributed by atoms with Crippen molar-refractivity contribution in [3.05, 3.63) is 54.1 Å². The van der Waals surface area contributed by atoms with Crippen LogP contribution in [0.3, 0.4) is 0 Å². The van der Waals surface area contributed by atoms with Gasteiger partial charge in [0.25, 0.3) is 0 Å². The Kier molecular flexibility index (Phi) is 4.42. The predicted molar refractivity (Wildman–Crippen MR) is 81.5 cm³/mol. The Morgan fingerprint density at radius 1 is 1.24 bits per heavy atom. The smallest absolute Gasteiger partial charge is 0.335 e. The molecule has 0 aliphatic rings. The van der Waals surface area contributed by atoms with Crippen LogP contribution in [0.15, 0.2) is 48.5 Å². The summed E-state index contributed by atoms with van der Waals surface area (Å²) in [4.78, 5) is 12.9. The minimum absolute atomic E-state index is 0.143. The zero-order chi connectivity index (χ0) is 15.2. The quantitative estimate of drug-likeness (QED) is 0.822. The monoisotopic (exact) mass is 281 g/mol. The molecule has 5 nitrogen and oxygen atoms in total. The van der Waals surface area contributed by atoms with Gasteiger partial charge in [0.05, 0.1) is 29.4 Å². The number of nitrogens with two attached hydrogens (primary N) is 1. The molecular formula is C16H15N3O2. The lowest BCUT2D eigenvalue weighted by Gasteiger charge is -2.25. The largest absolute Gasteiger partial charge is 0.478 e. The van der Waals surface area contributed by atoms with Crippen molar-refractivity contribution in [2.45, 2.75) is 6.42 Å². The summed E-state index contributed by atoms with van der Waals surface area (Å²) in [6.45, 7) is 0.483. The molecule has 0 aliphatic carbocycles. The number of hydrogen-bond acceptors (Lipinski definition) is 4. The molecule has 0 aliphatic heterocycles. The molecule has 0 radical (unpaired) electrons. The van der Waals surface area contributed by atoms with E-state index in [1.165, 1.54) is 12.1 Å². The molecule has 2 rings (SSSR count). The van der Waals surface area contributed by atoms with Gasteiger partial charge in [-0.15, -0.1) is 0 Å². The summed E-state index contributed by atoms with van der Waals surface area (Å²) >= 11 is 0. The highest BCUT2D eigenvalue weighted by molar-refractivity contribution is 5.91. The number of carboxylic acids is 1. The highest BCUT2D eigenvalue weighted by Gasteiger charge is 2.14. The Hall–Kier alpha value is -3.00. The van der Waals surface area contributed by atoms with Crippen LogP contribution in [0.25, 0.3) is 0 Å². The second-order valence-corrected chi connectivity index (χ2v) is 4.47. The number of para-hydroxylation sites is 1. The zero-order valence-corrected chi connectivity index (χ0v) is 11.4. The summed E-state index contributed by atoms with van der Waals surface area (Å²) in [6, 6.07) is 16.3. The van der Waals surface area contributed by atoms with Gasteiger partial charge in [0, 0.05) is 12.2 Å². The summed E-state index contributed by atoms with van der Waals surface area (Å²) in [5.41, 5.74) is 8.10. The number of carbonyl (C=O) groups is 1. The van der Waals surface area contributed by atoms with Crippen LogP contribution in [0.1, 0.15) is 16.8 Å². The second kappa shape index (κ2) is 6.44. The lowest BCUT2D eigenvalue weighted by atomic mass is 10.1. The summed E-state index contributed by atoms with van der Waals surface area (Å²) in [7, 11) is 0. The standard InChI is InChI=1S/C16H15N3O2/c17-9-4-10-19(13-5-2-1-3-6-13)15-8-7-12(16(20)21)11-14(15)18/h1-3,5-8,11H,4,10,18H2,(H,20,21). The molecule has 21 heavy (non-hydrogen) atoms. The maximum atomic E-state index is 11.0. The summed E-state index contributed by atoms with van der Waals surface area (Å²) in [5, 5.41) is 17.8. The third kappa shape index (κ3) is 3.31. The fraction of sp³-hybridized carbons (Fsp3) is 0.125. The van der Waals surface area contributed by atoms with Crippen LogP contribution in [0.2, 0.25) is 0 Å². The number of aromatic carboxylic acids is 1. The SMILES string of the molecule is N#CCCN(c1ccccc1)c1ccc(C(=O)O)cc1N. The van der Waals surface area contributed by atoms with Crippen LogP contribution in [0.5, 0.6) is 0 Å². The lowest BCUT2D eigenvalue weighted by Crippen LogP contribution is -2.19. The van der Waals surface area contributed by atoms with Crippen LogP contribution in [0.4, 0.5) is 17.1 Å². The van der Waals surface area contributed by atoms with Gasteiger partial charge in [-0.3, -0.25) is 0 Å². The molecule has 0 heterocycles. The Bertz CT molecular complexity index is 678. The normalized spacial score (nSPS) is 9.86. The average molecular weight is 281 g/mol. The molecule has 0 saturated carbocycles. The molecule has 0 saturated heterocycles. The maximum Gasteiger partial charge on any atom is 0.335 e. The molecule has 0 fully saturated rings. The van der Waals surface area contributed by atoms with E-state index in [4.69, 9.17) is 16.1 Å². The fourth-order valence-corrected chi connectivity index (χ4v) is 2.09. The molecule has 0 spiro atoms. The molecule has 0 bridgehead atoms. The molecule has 0 aromatic heterocycles. The fourth-order valence-electron chi connectivity index (χ4n) is 2.09. The van der Waals surface area contributed by atoms with Gasteiger partial charge in [0.1, 0.15) is 0 Å². The van der Waals surface area contributed by atoms with Gasteiger partial charge in [0.15, 0.2) is 0 Å². The van der Waals surface area contributed by atoms with Gasteiger partial charge < -0.3 is 15.7 Å². The van der Waals surface area contributed by atoms with Gasteiger partial charge in [-0.25, -0.2) is 4.79 Å². The van der Waals surface area contributed by atoms with E-state index in [0.717, 1.165) is 5.69 Å². The van der Waals surface area contributed by atoms with Gasteiger partial charge in [-0.05, 0) is 30.3 Å². The predicted octanol–water partition coefficient (Wildman–Crippen LogP) is 3.02. The van der Waals surface area contributed by atoms with E-state index in [1.807, 2.05) is 35.2 Å². The Balaban J connectivity index is 2.42. The van der Waals surface area contributed by atoms with Crippen molar-refractivity contribution in [1.82, 2.24) is 0 Å². The lowest BCUT2D eigenvalue weighted by molar-refractivity contribution is 0.0697. The van der Waals surface area contributed by atoms with Crippen molar-refractivity contribution in [2.24, 2.45) is 0 Å². The minimum Gasteiger partial charge on any atom is -0.478 e. The van der Waals surface area contributed by atoms with E-state index in [9.17, 15) is 4.79 Å². The molecule has 0 atom stereocenters. The van der Waals surface area contributed by atoms with E-state index in [0.29, 0.717) is 24.3 Å². The molecule has 3 N–H and O–H groups in total. The highest BCUT2D eigenvalue weighted by atomic mass is 16.4. The van der Waals surface area contributed by atoms with Gasteiger partial charge >= 0.3 is 5.97 Å². The Labute approximate surface area is 122 Å². The van der Waals surface area contributed by atoms with E-state index in [1.54, 1.807) is 6.07 Å². The maximum absolute atomic E-state index is 11.0. The molecule has 106 valence electrons. The van der Waals surface area contributed by atoms with Crippen molar-refractivity contribution in [2.75, 3.05) is 17.2 Å². The number of anilines is 3. The van der Waals surface area contributed by atoms with Crippen molar-refractivity contribution < 1.29 is 9.90 Å². The first kappa shape index (κ1) is 14.4. The number of carboxylic acid groups (broad SMARTS) is 1. The van der Waals surface area contributed by atoms with Crippen LogP contribution in [-0.4, -0.2) is 17.6 Å². The molecule has 2 aromatic carbocycles. The first-order valence-electron chi connectivity index (χ1n) is 6.46. The van der Waals surface area contributed by atoms with E-state index >= 15 is 0 Å². The molecule has 0 amide bonds. The third-order valence-corrected chi connectivity index (χ3v) is 3.08. The van der Waals surface area contributed by atoms with Crippen LogP contribution in [-0.2, 0) is 0 Å². The number of nitrogens with zero attached hydrogens (tertiary/aromatic N) is 2. The van der Waals surface area contributed by atoms with E-state index in [2.05, 4.69) is 6.07 Å². The van der Waals surface area contributed by atoms with Crippen LogP contribution < -0.4 is 10.6 Å². The number of nitriles is 1. The number of nitrogen functional groups attached to an aromatic ring is 1. The number of benzene rings is 2. The van der Waals surface area contributed by atoms with Crippen LogP contribution in [0, 0.1) is 11.3 Å². The Morgan fingerprint density at radius 2 is 1.95 bits per heavy atom. The van der Waals surface area contributed by atoms with Gasteiger partial charge in [0.2, 0.25) is 0 Å². The zero-order valence-electron chi connectivity index (χ0n) is 11.4. The van der Waals surface area contributed by atoms with E-state index in [-0.39, 0.29) is 5.56 Å². The minimum atomic E-state index is -1.02. The molecule has 2 aromatic rings. The van der Waals surface area contributed by atoms with Crippen LogP contribution >= 0.6 is 0 Å². The second-order valence-electron chi connectivity index (χ2n) is 4.47. The first-order chi connectivity index (χ1) is 10.1. The summed E-state index contributed by atoms with van der Waals surface area (Å²) in [6.07, 6.45) is 0.342. The average Bonchev–Trinajstić information content (AvgIpc) is 2.50. The van der Waals surface area contributed by atoms with Gasteiger partial charge in [-0.1, -0.05) is 18.2 Å². The molecule has 5 heteroatoms. The third-order valence-electron chi connectivity index (χ3n) is 3.08. The van der Waals surface area contributed by atoms with Crippen molar-refractivity contribution in [1.29, 1.82) is 5.26 Å². The van der Waals surface area contributed by atoms with Crippen molar-refractivity contribution >= 4 is 23.0 Å². The first-order valence-corrected chi connectivity index (χ1v) is 6.46. The van der Waals surface area contributed by atoms with Gasteiger partial charge in [-0.2, -0.15) is 5.26 Å². The summed E-state index contributed by atoms with van der Waals surface area (Å²) in [5.74, 6) is -1.02. The van der Waals surface area contributed by atoms with Crippen molar-refractivity contribution in [3.63, 3.8) is 0 Å². The number of rotatable bonds is 5. The van der Waals surface area contributed by atoms with E-state index < -0.39 is 5.97 Å². The molecule has 0 unspecified atom stereocenters. The van der Waals surface area contributed by atoms with Crippen molar-refractivity contribution in [3.8, 4) is 6.07 Å². The highest BCUT2D eigenvalue weighted by Crippen LogP contribution is 2.31. The summed E-state index contributed by atoms with van der Waals surface area (Å²) < 4.78 is 0.